The van der Waals surface area contributed by atoms with Gasteiger partial charge in [0.2, 0.25) is 5.91 Å². The first-order valence-electron chi connectivity index (χ1n) is 10.9. The molecule has 1 aliphatic rings. The van der Waals surface area contributed by atoms with Gasteiger partial charge in [-0.05, 0) is 67.3 Å². The molecule has 0 atom stereocenters. The van der Waals surface area contributed by atoms with Gasteiger partial charge in [-0.2, -0.15) is 0 Å². The van der Waals surface area contributed by atoms with Crippen LogP contribution < -0.4 is 11.1 Å². The van der Waals surface area contributed by atoms with Crippen LogP contribution in [0.3, 0.4) is 0 Å². The monoisotopic (exact) mass is 443 g/mol. The van der Waals surface area contributed by atoms with E-state index in [0.29, 0.717) is 24.3 Å². The van der Waals surface area contributed by atoms with Crippen LogP contribution in [0.25, 0.3) is 6.08 Å². The third-order valence-electron chi connectivity index (χ3n) is 5.67. The molecule has 0 saturated carbocycles. The van der Waals surface area contributed by atoms with E-state index in [9.17, 15) is 14.0 Å². The van der Waals surface area contributed by atoms with Crippen molar-refractivity contribution < 1.29 is 14.0 Å². The second-order valence-electron chi connectivity index (χ2n) is 8.30. The lowest BCUT2D eigenvalue weighted by atomic mass is 9.99. The van der Waals surface area contributed by atoms with Crippen molar-refractivity contribution >= 4 is 29.3 Å². The van der Waals surface area contributed by atoms with Crippen molar-refractivity contribution in [2.75, 3.05) is 17.6 Å². The summed E-state index contributed by atoms with van der Waals surface area (Å²) in [6.45, 7) is 3.22. The van der Waals surface area contributed by atoms with E-state index < -0.39 is 5.82 Å². The number of likely N-dealkylation sites (tertiary alicyclic amines) is 1. The minimum atomic E-state index is -0.459. The van der Waals surface area contributed by atoms with E-state index in [-0.39, 0.29) is 17.5 Å². The van der Waals surface area contributed by atoms with Gasteiger partial charge in [0.15, 0.2) is 0 Å². The van der Waals surface area contributed by atoms with Crippen LogP contribution in [0.1, 0.15) is 39.9 Å². The number of amides is 2. The van der Waals surface area contributed by atoms with Gasteiger partial charge in [-0.1, -0.05) is 42.0 Å². The molecule has 1 saturated heterocycles. The quantitative estimate of drug-likeness (QED) is 0.422. The van der Waals surface area contributed by atoms with Crippen molar-refractivity contribution in [1.29, 1.82) is 0 Å². The average Bonchev–Trinajstić information content (AvgIpc) is 2.79. The number of hydrogen-bond acceptors (Lipinski definition) is 3. The molecule has 1 aliphatic heterocycles. The van der Waals surface area contributed by atoms with Crippen LogP contribution in [0.5, 0.6) is 0 Å². The zero-order chi connectivity index (χ0) is 23.4. The van der Waals surface area contributed by atoms with E-state index in [1.165, 1.54) is 12.1 Å². The SMILES string of the molecule is Cc1cccc(/C=C2\CCCN(Cc3ccc(C(=O)Nc4ccc(F)cc4N)cc3)C2=O)c1. The zero-order valence-corrected chi connectivity index (χ0v) is 18.5. The lowest BCUT2D eigenvalue weighted by molar-refractivity contribution is -0.129. The first kappa shape index (κ1) is 22.3. The van der Waals surface area contributed by atoms with Crippen molar-refractivity contribution in [1.82, 2.24) is 4.90 Å². The van der Waals surface area contributed by atoms with Gasteiger partial charge in [0.1, 0.15) is 5.82 Å². The standard InChI is InChI=1S/C27H26FN3O2/c1-18-4-2-5-20(14-18)15-22-6-3-13-31(27(22)33)17-19-7-9-21(10-8-19)26(32)30-25-12-11-23(28)16-24(25)29/h2,4-5,7-12,14-16H,3,6,13,17,29H2,1H3,(H,30,32)/b22-15+. The predicted octanol–water partition coefficient (Wildman–Crippen LogP) is 5.17. The molecule has 5 nitrogen and oxygen atoms in total. The summed E-state index contributed by atoms with van der Waals surface area (Å²) in [6, 6.07) is 19.1. The number of nitrogen functional groups attached to an aromatic ring is 1. The highest BCUT2D eigenvalue weighted by Crippen LogP contribution is 2.23. The smallest absolute Gasteiger partial charge is 0.255 e. The van der Waals surface area contributed by atoms with Gasteiger partial charge in [-0.25, -0.2) is 4.39 Å². The Balaban J connectivity index is 1.42. The second kappa shape index (κ2) is 9.69. The summed E-state index contributed by atoms with van der Waals surface area (Å²) in [5, 5.41) is 2.69. The highest BCUT2D eigenvalue weighted by atomic mass is 19.1. The summed E-state index contributed by atoms with van der Waals surface area (Å²) in [5.74, 6) is -0.743. The summed E-state index contributed by atoms with van der Waals surface area (Å²) in [6.07, 6.45) is 3.67. The van der Waals surface area contributed by atoms with E-state index >= 15 is 0 Å². The number of nitrogens with one attached hydrogen (secondary N) is 1. The van der Waals surface area contributed by atoms with Crippen molar-refractivity contribution in [2.45, 2.75) is 26.3 Å². The number of aryl methyl sites for hydroxylation is 1. The Morgan fingerprint density at radius 1 is 1.12 bits per heavy atom. The number of halogens is 1. The van der Waals surface area contributed by atoms with Crippen molar-refractivity contribution in [3.8, 4) is 0 Å². The lowest BCUT2D eigenvalue weighted by Gasteiger charge is -2.28. The van der Waals surface area contributed by atoms with Gasteiger partial charge in [0.25, 0.3) is 5.91 Å². The van der Waals surface area contributed by atoms with E-state index in [4.69, 9.17) is 5.73 Å². The lowest BCUT2D eigenvalue weighted by Crippen LogP contribution is -2.36. The Kier molecular flexibility index (Phi) is 6.54. The van der Waals surface area contributed by atoms with E-state index in [1.807, 2.05) is 48.2 Å². The Labute approximate surface area is 192 Å². The maximum absolute atomic E-state index is 13.2. The molecule has 3 aromatic carbocycles. The van der Waals surface area contributed by atoms with E-state index in [1.54, 1.807) is 12.1 Å². The van der Waals surface area contributed by atoms with Gasteiger partial charge in [-0.15, -0.1) is 0 Å². The van der Waals surface area contributed by atoms with E-state index in [2.05, 4.69) is 11.4 Å². The van der Waals surface area contributed by atoms with Crippen LogP contribution >= 0.6 is 0 Å². The van der Waals surface area contributed by atoms with Gasteiger partial charge in [0.05, 0.1) is 11.4 Å². The molecule has 4 rings (SSSR count). The summed E-state index contributed by atoms with van der Waals surface area (Å²) in [5.41, 5.74) is 10.7. The predicted molar refractivity (Wildman–Crippen MR) is 129 cm³/mol. The van der Waals surface area contributed by atoms with Gasteiger partial charge >= 0.3 is 0 Å². The van der Waals surface area contributed by atoms with Crippen molar-refractivity contribution in [3.63, 3.8) is 0 Å². The fraction of sp³-hybridized carbons (Fsp3) is 0.185. The molecule has 33 heavy (non-hydrogen) atoms. The Morgan fingerprint density at radius 2 is 1.91 bits per heavy atom. The summed E-state index contributed by atoms with van der Waals surface area (Å²) >= 11 is 0. The molecule has 0 aromatic heterocycles. The molecule has 0 spiro atoms. The molecular weight excluding hydrogens is 417 g/mol. The maximum Gasteiger partial charge on any atom is 0.255 e. The number of benzene rings is 3. The van der Waals surface area contributed by atoms with Crippen LogP contribution in [0.4, 0.5) is 15.8 Å². The molecule has 1 fully saturated rings. The first-order chi connectivity index (χ1) is 15.9. The molecular formula is C27H26FN3O2. The number of anilines is 2. The van der Waals surface area contributed by atoms with Crippen LogP contribution in [-0.2, 0) is 11.3 Å². The zero-order valence-electron chi connectivity index (χ0n) is 18.5. The number of hydrogen-bond donors (Lipinski definition) is 2. The van der Waals surface area contributed by atoms with Gasteiger partial charge < -0.3 is 16.0 Å². The highest BCUT2D eigenvalue weighted by molar-refractivity contribution is 6.05. The average molecular weight is 444 g/mol. The van der Waals surface area contributed by atoms with Crippen LogP contribution in [0.2, 0.25) is 0 Å². The normalized spacial score (nSPS) is 15.0. The molecule has 0 radical (unpaired) electrons. The number of carbonyl (C=O) groups excluding carboxylic acids is 2. The Morgan fingerprint density at radius 3 is 2.64 bits per heavy atom. The highest BCUT2D eigenvalue weighted by Gasteiger charge is 2.23. The van der Waals surface area contributed by atoms with Crippen LogP contribution in [0, 0.1) is 12.7 Å². The largest absolute Gasteiger partial charge is 0.397 e. The van der Waals surface area contributed by atoms with Gasteiger partial charge in [-0.3, -0.25) is 9.59 Å². The molecule has 3 N–H and O–H groups in total. The van der Waals surface area contributed by atoms with Crippen molar-refractivity contribution in [3.05, 3.63) is 100 Å². The number of nitrogens with two attached hydrogens (primary N) is 1. The number of piperidine rings is 1. The molecule has 0 unspecified atom stereocenters. The fourth-order valence-corrected chi connectivity index (χ4v) is 3.94. The fourth-order valence-electron chi connectivity index (χ4n) is 3.94. The van der Waals surface area contributed by atoms with Crippen LogP contribution in [-0.4, -0.2) is 23.3 Å². The van der Waals surface area contributed by atoms with E-state index in [0.717, 1.165) is 41.2 Å². The molecule has 0 aliphatic carbocycles. The number of nitrogens with zero attached hydrogens (tertiary/aromatic N) is 1. The molecule has 2 amide bonds. The minimum absolute atomic E-state index is 0.0522. The summed E-state index contributed by atoms with van der Waals surface area (Å²) in [7, 11) is 0. The summed E-state index contributed by atoms with van der Waals surface area (Å²) in [4.78, 5) is 27.4. The molecule has 1 heterocycles. The number of carbonyl (C=O) groups is 2. The third-order valence-corrected chi connectivity index (χ3v) is 5.67. The van der Waals surface area contributed by atoms with Crippen molar-refractivity contribution in [2.24, 2.45) is 0 Å². The molecule has 3 aromatic rings. The molecule has 0 bridgehead atoms. The molecule has 168 valence electrons. The van der Waals surface area contributed by atoms with Crippen LogP contribution in [0.15, 0.2) is 72.3 Å². The number of rotatable bonds is 5. The third kappa shape index (κ3) is 5.47. The Bertz CT molecular complexity index is 1220. The second-order valence-corrected chi connectivity index (χ2v) is 8.30. The first-order valence-corrected chi connectivity index (χ1v) is 10.9. The topological polar surface area (TPSA) is 75.4 Å². The maximum atomic E-state index is 13.2. The van der Waals surface area contributed by atoms with Gasteiger partial charge in [0, 0.05) is 24.2 Å². The summed E-state index contributed by atoms with van der Waals surface area (Å²) < 4.78 is 13.2. The minimum Gasteiger partial charge on any atom is -0.397 e. The Hall–Kier alpha value is -3.93. The molecule has 6 heteroatoms.